The number of anilines is 4. The molecule has 3 aromatic rings. The molecular weight excluding hydrogens is 308 g/mol. The van der Waals surface area contributed by atoms with Crippen molar-refractivity contribution >= 4 is 34.6 Å². The molecule has 0 amide bonds. The lowest BCUT2D eigenvalue weighted by atomic mass is 10.2. The number of rotatable bonds is 4. The average Bonchev–Trinajstić information content (AvgIpc) is 2.52. The highest BCUT2D eigenvalue weighted by Crippen LogP contribution is 2.26. The fraction of sp³-hybridized carbons (Fsp3) is 0.111. The largest absolute Gasteiger partial charge is 0.340 e. The summed E-state index contributed by atoms with van der Waals surface area (Å²) in [4.78, 5) is 8.86. The van der Waals surface area contributed by atoms with Crippen LogP contribution in [0.4, 0.5) is 23.0 Å². The molecule has 5 heteroatoms. The summed E-state index contributed by atoms with van der Waals surface area (Å²) in [5, 5.41) is 7.31. The Morgan fingerprint density at radius 2 is 1.52 bits per heavy atom. The molecule has 3 rings (SSSR count). The normalized spacial score (nSPS) is 10.4. The van der Waals surface area contributed by atoms with Crippen LogP contribution in [-0.4, -0.2) is 9.97 Å². The van der Waals surface area contributed by atoms with Crippen LogP contribution in [0.2, 0.25) is 5.02 Å². The molecule has 0 aliphatic carbocycles. The third kappa shape index (κ3) is 3.79. The summed E-state index contributed by atoms with van der Waals surface area (Å²) in [7, 11) is 0. The van der Waals surface area contributed by atoms with Crippen LogP contribution in [0.1, 0.15) is 11.4 Å². The highest BCUT2D eigenvalue weighted by molar-refractivity contribution is 6.31. The molecule has 0 spiro atoms. The third-order valence-electron chi connectivity index (χ3n) is 3.41. The highest BCUT2D eigenvalue weighted by atomic mass is 35.5. The number of aromatic nitrogens is 2. The van der Waals surface area contributed by atoms with Gasteiger partial charge >= 0.3 is 0 Å². The van der Waals surface area contributed by atoms with Crippen molar-refractivity contribution in [1.29, 1.82) is 0 Å². The van der Waals surface area contributed by atoms with Gasteiger partial charge in [0.25, 0.3) is 0 Å². The van der Waals surface area contributed by atoms with E-state index in [4.69, 9.17) is 11.6 Å². The summed E-state index contributed by atoms with van der Waals surface area (Å²) in [6.07, 6.45) is 0. The maximum Gasteiger partial charge on any atom is 0.136 e. The van der Waals surface area contributed by atoms with Crippen LogP contribution in [0, 0.1) is 13.8 Å². The summed E-state index contributed by atoms with van der Waals surface area (Å²) < 4.78 is 0. The molecule has 0 aliphatic heterocycles. The number of halogens is 1. The van der Waals surface area contributed by atoms with Crippen molar-refractivity contribution in [3.05, 3.63) is 71.0 Å². The molecule has 0 saturated heterocycles. The van der Waals surface area contributed by atoms with Gasteiger partial charge in [0.1, 0.15) is 17.5 Å². The van der Waals surface area contributed by atoms with Crippen molar-refractivity contribution in [3.63, 3.8) is 0 Å². The van der Waals surface area contributed by atoms with Gasteiger partial charge in [-0.2, -0.15) is 0 Å². The van der Waals surface area contributed by atoms with Gasteiger partial charge in [-0.1, -0.05) is 35.9 Å². The minimum Gasteiger partial charge on any atom is -0.340 e. The number of hydrogen-bond donors (Lipinski definition) is 2. The van der Waals surface area contributed by atoms with Crippen molar-refractivity contribution in [2.45, 2.75) is 13.8 Å². The average molecular weight is 325 g/mol. The van der Waals surface area contributed by atoms with Crippen molar-refractivity contribution in [2.75, 3.05) is 10.6 Å². The molecule has 116 valence electrons. The molecule has 0 atom stereocenters. The molecule has 0 saturated carbocycles. The summed E-state index contributed by atoms with van der Waals surface area (Å²) in [6, 6.07) is 17.5. The van der Waals surface area contributed by atoms with E-state index in [0.29, 0.717) is 5.82 Å². The van der Waals surface area contributed by atoms with E-state index in [-0.39, 0.29) is 0 Å². The zero-order valence-corrected chi connectivity index (χ0v) is 13.7. The summed E-state index contributed by atoms with van der Waals surface area (Å²) in [6.45, 7) is 3.84. The number of para-hydroxylation sites is 1. The molecule has 1 heterocycles. The molecule has 23 heavy (non-hydrogen) atoms. The maximum atomic E-state index is 6.16. The fourth-order valence-corrected chi connectivity index (χ4v) is 2.42. The zero-order valence-electron chi connectivity index (χ0n) is 13.0. The Morgan fingerprint density at radius 3 is 2.26 bits per heavy atom. The van der Waals surface area contributed by atoms with E-state index in [1.54, 1.807) is 0 Å². The van der Waals surface area contributed by atoms with Gasteiger partial charge in [-0.25, -0.2) is 9.97 Å². The molecule has 0 bridgehead atoms. The second-order valence-electron chi connectivity index (χ2n) is 5.21. The molecule has 0 fully saturated rings. The Hall–Kier alpha value is -2.59. The standard InChI is InChI=1S/C18H17ClN4/c1-12-15(19)9-6-10-16(12)23-18-11-17(20-13(2)21-18)22-14-7-4-3-5-8-14/h3-11H,1-2H3,(H2,20,21,22,23). The van der Waals surface area contributed by atoms with E-state index in [1.165, 1.54) is 0 Å². The minimum absolute atomic E-state index is 0.688. The number of nitrogens with one attached hydrogen (secondary N) is 2. The number of benzene rings is 2. The van der Waals surface area contributed by atoms with E-state index < -0.39 is 0 Å². The number of nitrogens with zero attached hydrogens (tertiary/aromatic N) is 2. The Kier molecular flexibility index (Phi) is 4.44. The van der Waals surface area contributed by atoms with E-state index in [0.717, 1.165) is 33.6 Å². The Balaban J connectivity index is 1.87. The van der Waals surface area contributed by atoms with E-state index in [2.05, 4.69) is 20.6 Å². The molecule has 0 aliphatic rings. The second-order valence-corrected chi connectivity index (χ2v) is 5.62. The van der Waals surface area contributed by atoms with Gasteiger partial charge in [0, 0.05) is 22.5 Å². The zero-order chi connectivity index (χ0) is 16.2. The topological polar surface area (TPSA) is 49.8 Å². The smallest absolute Gasteiger partial charge is 0.136 e. The van der Waals surface area contributed by atoms with Gasteiger partial charge in [0.05, 0.1) is 0 Å². The van der Waals surface area contributed by atoms with Crippen LogP contribution in [-0.2, 0) is 0 Å². The van der Waals surface area contributed by atoms with Gasteiger partial charge in [0.2, 0.25) is 0 Å². The van der Waals surface area contributed by atoms with Gasteiger partial charge in [-0.3, -0.25) is 0 Å². The van der Waals surface area contributed by atoms with E-state index in [9.17, 15) is 0 Å². The predicted octanol–water partition coefficient (Wildman–Crippen LogP) is 5.23. The first-order chi connectivity index (χ1) is 11.1. The van der Waals surface area contributed by atoms with Gasteiger partial charge < -0.3 is 10.6 Å². The van der Waals surface area contributed by atoms with Gasteiger partial charge in [-0.05, 0) is 43.7 Å². The Morgan fingerprint density at radius 1 is 0.826 bits per heavy atom. The van der Waals surface area contributed by atoms with E-state index in [1.807, 2.05) is 68.4 Å². The van der Waals surface area contributed by atoms with Crippen LogP contribution in [0.15, 0.2) is 54.6 Å². The van der Waals surface area contributed by atoms with Crippen molar-refractivity contribution in [2.24, 2.45) is 0 Å². The molecule has 1 aromatic heterocycles. The molecule has 2 N–H and O–H groups in total. The quantitative estimate of drug-likeness (QED) is 0.689. The molecule has 0 unspecified atom stereocenters. The van der Waals surface area contributed by atoms with Gasteiger partial charge in [0.15, 0.2) is 0 Å². The Bertz CT molecular complexity index is 819. The molecule has 0 radical (unpaired) electrons. The third-order valence-corrected chi connectivity index (χ3v) is 3.82. The van der Waals surface area contributed by atoms with E-state index >= 15 is 0 Å². The molecular formula is C18H17ClN4. The fourth-order valence-electron chi connectivity index (χ4n) is 2.25. The first-order valence-electron chi connectivity index (χ1n) is 7.32. The lowest BCUT2D eigenvalue weighted by molar-refractivity contribution is 1.06. The highest BCUT2D eigenvalue weighted by Gasteiger charge is 2.06. The van der Waals surface area contributed by atoms with Crippen LogP contribution in [0.3, 0.4) is 0 Å². The van der Waals surface area contributed by atoms with Crippen molar-refractivity contribution in [3.8, 4) is 0 Å². The predicted molar refractivity (Wildman–Crippen MR) is 96.0 cm³/mol. The molecule has 2 aromatic carbocycles. The van der Waals surface area contributed by atoms with Crippen LogP contribution < -0.4 is 10.6 Å². The maximum absolute atomic E-state index is 6.16. The molecule has 4 nitrogen and oxygen atoms in total. The minimum atomic E-state index is 0.688. The van der Waals surface area contributed by atoms with Crippen LogP contribution >= 0.6 is 11.6 Å². The van der Waals surface area contributed by atoms with Crippen molar-refractivity contribution in [1.82, 2.24) is 9.97 Å². The summed E-state index contributed by atoms with van der Waals surface area (Å²) in [5.41, 5.74) is 2.90. The first kappa shape index (κ1) is 15.3. The first-order valence-corrected chi connectivity index (χ1v) is 7.69. The lowest BCUT2D eigenvalue weighted by Gasteiger charge is -2.12. The van der Waals surface area contributed by atoms with Crippen LogP contribution in [0.5, 0.6) is 0 Å². The SMILES string of the molecule is Cc1nc(Nc2ccccc2)cc(Nc2cccc(Cl)c2C)n1. The summed E-state index contributed by atoms with van der Waals surface area (Å²) in [5.74, 6) is 2.15. The monoisotopic (exact) mass is 324 g/mol. The summed E-state index contributed by atoms with van der Waals surface area (Å²) >= 11 is 6.16. The van der Waals surface area contributed by atoms with Gasteiger partial charge in [-0.15, -0.1) is 0 Å². The Labute approximate surface area is 140 Å². The van der Waals surface area contributed by atoms with Crippen molar-refractivity contribution < 1.29 is 0 Å². The lowest BCUT2D eigenvalue weighted by Crippen LogP contribution is -2.02. The number of hydrogen-bond acceptors (Lipinski definition) is 4. The second kappa shape index (κ2) is 6.67. The number of aryl methyl sites for hydroxylation is 1. The van der Waals surface area contributed by atoms with Crippen LogP contribution in [0.25, 0.3) is 0 Å².